The normalized spacial score (nSPS) is 14.1. The van der Waals surface area contributed by atoms with Gasteiger partial charge in [0, 0.05) is 25.0 Å². The SMILES string of the molecule is Cc1cccc(C(O)CNC(C)c2ccncc2)c1. The van der Waals surface area contributed by atoms with Crippen molar-refractivity contribution >= 4 is 0 Å². The summed E-state index contributed by atoms with van der Waals surface area (Å²) in [5.41, 5.74) is 3.29. The van der Waals surface area contributed by atoms with Gasteiger partial charge in [-0.3, -0.25) is 4.98 Å². The molecule has 0 fully saturated rings. The number of nitrogens with zero attached hydrogens (tertiary/aromatic N) is 1. The second-order valence-corrected chi connectivity index (χ2v) is 4.84. The molecule has 2 N–H and O–H groups in total. The van der Waals surface area contributed by atoms with Gasteiger partial charge in [0.15, 0.2) is 0 Å². The zero-order chi connectivity index (χ0) is 13.7. The number of hydrogen-bond donors (Lipinski definition) is 2. The van der Waals surface area contributed by atoms with Gasteiger partial charge in [-0.15, -0.1) is 0 Å². The van der Waals surface area contributed by atoms with E-state index in [0.29, 0.717) is 6.54 Å². The van der Waals surface area contributed by atoms with Gasteiger partial charge in [-0.1, -0.05) is 29.8 Å². The highest BCUT2D eigenvalue weighted by molar-refractivity contribution is 5.24. The van der Waals surface area contributed by atoms with Gasteiger partial charge < -0.3 is 10.4 Å². The molecular formula is C16H20N2O. The third-order valence-electron chi connectivity index (χ3n) is 3.25. The van der Waals surface area contributed by atoms with E-state index in [-0.39, 0.29) is 6.04 Å². The van der Waals surface area contributed by atoms with Crippen molar-refractivity contribution < 1.29 is 5.11 Å². The zero-order valence-corrected chi connectivity index (χ0v) is 11.4. The molecule has 100 valence electrons. The molecule has 3 nitrogen and oxygen atoms in total. The molecule has 0 aliphatic heterocycles. The number of hydrogen-bond acceptors (Lipinski definition) is 3. The van der Waals surface area contributed by atoms with Crippen LogP contribution in [0.5, 0.6) is 0 Å². The van der Waals surface area contributed by atoms with Crippen molar-refractivity contribution in [1.82, 2.24) is 10.3 Å². The first kappa shape index (κ1) is 13.7. The fourth-order valence-corrected chi connectivity index (χ4v) is 2.05. The van der Waals surface area contributed by atoms with Crippen molar-refractivity contribution in [3.8, 4) is 0 Å². The number of aliphatic hydroxyl groups is 1. The molecule has 2 rings (SSSR count). The Labute approximate surface area is 114 Å². The first-order chi connectivity index (χ1) is 9.16. The number of benzene rings is 1. The monoisotopic (exact) mass is 256 g/mol. The summed E-state index contributed by atoms with van der Waals surface area (Å²) in [5, 5.41) is 13.5. The Hall–Kier alpha value is -1.71. The summed E-state index contributed by atoms with van der Waals surface area (Å²) in [4.78, 5) is 4.00. The molecule has 0 radical (unpaired) electrons. The third kappa shape index (κ3) is 3.88. The van der Waals surface area contributed by atoms with Crippen LogP contribution in [0, 0.1) is 6.92 Å². The van der Waals surface area contributed by atoms with E-state index in [1.807, 2.05) is 43.3 Å². The first-order valence-electron chi connectivity index (χ1n) is 6.55. The summed E-state index contributed by atoms with van der Waals surface area (Å²) < 4.78 is 0. The minimum atomic E-state index is -0.482. The highest BCUT2D eigenvalue weighted by Gasteiger charge is 2.10. The van der Waals surface area contributed by atoms with Crippen LogP contribution in [0.3, 0.4) is 0 Å². The maximum Gasteiger partial charge on any atom is 0.0914 e. The van der Waals surface area contributed by atoms with E-state index in [1.54, 1.807) is 12.4 Å². The van der Waals surface area contributed by atoms with Crippen LogP contribution in [0.4, 0.5) is 0 Å². The number of pyridine rings is 1. The molecule has 1 heterocycles. The summed E-state index contributed by atoms with van der Waals surface area (Å²) in [6.45, 7) is 4.65. The Balaban J connectivity index is 1.92. The number of nitrogens with one attached hydrogen (secondary N) is 1. The average molecular weight is 256 g/mol. The predicted octanol–water partition coefficient (Wildman–Crippen LogP) is 2.77. The molecule has 0 aliphatic carbocycles. The van der Waals surface area contributed by atoms with Gasteiger partial charge in [-0.2, -0.15) is 0 Å². The molecular weight excluding hydrogens is 236 g/mol. The van der Waals surface area contributed by atoms with Crippen LogP contribution in [0.1, 0.15) is 35.8 Å². The van der Waals surface area contributed by atoms with E-state index in [9.17, 15) is 5.11 Å². The summed E-state index contributed by atoms with van der Waals surface area (Å²) >= 11 is 0. The van der Waals surface area contributed by atoms with Gasteiger partial charge in [0.05, 0.1) is 6.10 Å². The Morgan fingerprint density at radius 3 is 2.58 bits per heavy atom. The zero-order valence-electron chi connectivity index (χ0n) is 11.4. The lowest BCUT2D eigenvalue weighted by atomic mass is 10.1. The lowest BCUT2D eigenvalue weighted by Crippen LogP contribution is -2.24. The lowest BCUT2D eigenvalue weighted by molar-refractivity contribution is 0.170. The molecule has 2 atom stereocenters. The highest BCUT2D eigenvalue weighted by atomic mass is 16.3. The Morgan fingerprint density at radius 1 is 1.16 bits per heavy atom. The lowest BCUT2D eigenvalue weighted by Gasteiger charge is -2.18. The fourth-order valence-electron chi connectivity index (χ4n) is 2.05. The van der Waals surface area contributed by atoms with Crippen molar-refractivity contribution in [3.05, 3.63) is 65.5 Å². The van der Waals surface area contributed by atoms with Crippen LogP contribution in [-0.4, -0.2) is 16.6 Å². The van der Waals surface area contributed by atoms with E-state index in [4.69, 9.17) is 0 Å². The maximum atomic E-state index is 10.2. The molecule has 0 saturated heterocycles. The number of aromatic nitrogens is 1. The Bertz CT molecular complexity index is 513. The summed E-state index contributed by atoms with van der Waals surface area (Å²) in [5.74, 6) is 0. The molecule has 2 aromatic rings. The predicted molar refractivity (Wildman–Crippen MR) is 76.8 cm³/mol. The van der Waals surface area contributed by atoms with E-state index < -0.39 is 6.10 Å². The van der Waals surface area contributed by atoms with Gasteiger partial charge in [0.25, 0.3) is 0 Å². The maximum absolute atomic E-state index is 10.2. The molecule has 0 spiro atoms. The van der Waals surface area contributed by atoms with Crippen molar-refractivity contribution in [3.63, 3.8) is 0 Å². The Kier molecular flexibility index (Phi) is 4.66. The van der Waals surface area contributed by atoms with Gasteiger partial charge in [0.1, 0.15) is 0 Å². The van der Waals surface area contributed by atoms with Crippen molar-refractivity contribution in [1.29, 1.82) is 0 Å². The standard InChI is InChI=1S/C16H20N2O/c1-12-4-3-5-15(10-12)16(19)11-18-13(2)14-6-8-17-9-7-14/h3-10,13,16,18-19H,11H2,1-2H3. The van der Waals surface area contributed by atoms with Crippen LogP contribution in [-0.2, 0) is 0 Å². The van der Waals surface area contributed by atoms with Gasteiger partial charge in [0.2, 0.25) is 0 Å². The van der Waals surface area contributed by atoms with Crippen molar-refractivity contribution in [2.45, 2.75) is 26.0 Å². The van der Waals surface area contributed by atoms with Gasteiger partial charge in [-0.25, -0.2) is 0 Å². The molecule has 0 saturated carbocycles. The Morgan fingerprint density at radius 2 is 1.89 bits per heavy atom. The van der Waals surface area contributed by atoms with E-state index in [0.717, 1.165) is 5.56 Å². The number of rotatable bonds is 5. The molecule has 1 aromatic carbocycles. The van der Waals surface area contributed by atoms with Crippen LogP contribution in [0.2, 0.25) is 0 Å². The average Bonchev–Trinajstić information content (AvgIpc) is 2.45. The molecule has 2 unspecified atom stereocenters. The van der Waals surface area contributed by atoms with Gasteiger partial charge >= 0.3 is 0 Å². The number of aliphatic hydroxyl groups excluding tert-OH is 1. The van der Waals surface area contributed by atoms with Crippen LogP contribution >= 0.6 is 0 Å². The minimum Gasteiger partial charge on any atom is -0.387 e. The molecule has 0 amide bonds. The largest absolute Gasteiger partial charge is 0.387 e. The van der Waals surface area contributed by atoms with Crippen molar-refractivity contribution in [2.75, 3.05) is 6.54 Å². The second kappa shape index (κ2) is 6.45. The minimum absolute atomic E-state index is 0.197. The van der Waals surface area contributed by atoms with E-state index in [2.05, 4.69) is 17.2 Å². The van der Waals surface area contributed by atoms with E-state index >= 15 is 0 Å². The van der Waals surface area contributed by atoms with E-state index in [1.165, 1.54) is 11.1 Å². The molecule has 0 aliphatic rings. The summed E-state index contributed by atoms with van der Waals surface area (Å²) in [7, 11) is 0. The quantitative estimate of drug-likeness (QED) is 0.864. The molecule has 19 heavy (non-hydrogen) atoms. The van der Waals surface area contributed by atoms with Crippen molar-refractivity contribution in [2.24, 2.45) is 0 Å². The number of aryl methyl sites for hydroxylation is 1. The molecule has 0 bridgehead atoms. The molecule has 1 aromatic heterocycles. The summed E-state index contributed by atoms with van der Waals surface area (Å²) in [6.07, 6.45) is 3.08. The smallest absolute Gasteiger partial charge is 0.0914 e. The van der Waals surface area contributed by atoms with Gasteiger partial charge in [-0.05, 0) is 37.1 Å². The fraction of sp³-hybridized carbons (Fsp3) is 0.312. The molecule has 3 heteroatoms. The first-order valence-corrected chi connectivity index (χ1v) is 6.55. The second-order valence-electron chi connectivity index (χ2n) is 4.84. The van der Waals surface area contributed by atoms with Crippen LogP contribution in [0.25, 0.3) is 0 Å². The summed E-state index contributed by atoms with van der Waals surface area (Å²) in [6, 6.07) is 12.1. The topological polar surface area (TPSA) is 45.1 Å². The van der Waals surface area contributed by atoms with Crippen LogP contribution < -0.4 is 5.32 Å². The van der Waals surface area contributed by atoms with Crippen LogP contribution in [0.15, 0.2) is 48.8 Å². The highest BCUT2D eigenvalue weighted by Crippen LogP contribution is 2.16. The third-order valence-corrected chi connectivity index (χ3v) is 3.25.